The highest BCUT2D eigenvalue weighted by atomic mass is 79.9. The Morgan fingerprint density at radius 1 is 1.03 bits per heavy atom. The molecule has 6 nitrogen and oxygen atoms in total. The summed E-state index contributed by atoms with van der Waals surface area (Å²) in [5.41, 5.74) is 12.1. The van der Waals surface area contributed by atoms with Gasteiger partial charge >= 0.3 is 0 Å². The summed E-state index contributed by atoms with van der Waals surface area (Å²) in [5.74, 6) is 3.30. The summed E-state index contributed by atoms with van der Waals surface area (Å²) in [6.45, 7) is 0. The standard InChI is InChI=1S/C22H21BrN6/c23-14-7-16-13(8-25-27-16)19-17-9-1-2-10(5-9)18(17)20(26-21(14)19)11-3-4-12-15(6-11)28-29-22(12)24/h3-4,6-10,17-18,20,26H,1-2,5H2,(H,25,27)(H3,24,28,29)/t9-,10-,17+,18-,20+/m1/s1. The smallest absolute Gasteiger partial charge is 0.153 e. The fourth-order valence-electron chi connectivity index (χ4n) is 6.63. The van der Waals surface area contributed by atoms with Gasteiger partial charge in [0.05, 0.1) is 29.0 Å². The van der Waals surface area contributed by atoms with E-state index in [9.17, 15) is 0 Å². The maximum atomic E-state index is 5.99. The molecule has 2 aromatic heterocycles. The molecule has 1 aliphatic heterocycles. The van der Waals surface area contributed by atoms with Crippen LogP contribution in [-0.2, 0) is 0 Å². The first kappa shape index (κ1) is 16.3. The first-order chi connectivity index (χ1) is 14.2. The van der Waals surface area contributed by atoms with Gasteiger partial charge in [-0.25, -0.2) is 0 Å². The molecule has 5 atom stereocenters. The molecule has 5 N–H and O–H groups in total. The van der Waals surface area contributed by atoms with E-state index < -0.39 is 0 Å². The Morgan fingerprint density at radius 2 is 1.90 bits per heavy atom. The summed E-state index contributed by atoms with van der Waals surface area (Å²) in [7, 11) is 0. The zero-order valence-electron chi connectivity index (χ0n) is 15.7. The highest BCUT2D eigenvalue weighted by Crippen LogP contribution is 2.65. The Morgan fingerprint density at radius 3 is 2.83 bits per heavy atom. The number of fused-ring (bicyclic) bond motifs is 10. The van der Waals surface area contributed by atoms with Gasteiger partial charge in [-0.1, -0.05) is 6.07 Å². The van der Waals surface area contributed by atoms with E-state index in [0.29, 0.717) is 17.7 Å². The van der Waals surface area contributed by atoms with Gasteiger partial charge in [0.15, 0.2) is 5.82 Å². The van der Waals surface area contributed by atoms with E-state index in [1.54, 1.807) is 0 Å². The lowest BCUT2D eigenvalue weighted by atomic mass is 9.67. The molecule has 0 unspecified atom stereocenters. The fourth-order valence-corrected chi connectivity index (χ4v) is 7.19. The summed E-state index contributed by atoms with van der Waals surface area (Å²) in [6.07, 6.45) is 6.05. The molecular formula is C22H21BrN6. The largest absolute Gasteiger partial charge is 0.382 e. The second-order valence-electron chi connectivity index (χ2n) is 8.95. The quantitative estimate of drug-likeness (QED) is 0.326. The molecule has 2 fully saturated rings. The van der Waals surface area contributed by atoms with E-state index in [-0.39, 0.29) is 6.04 Å². The number of nitrogens with one attached hydrogen (secondary N) is 3. The van der Waals surface area contributed by atoms with Crippen LogP contribution in [0.2, 0.25) is 0 Å². The predicted molar refractivity (Wildman–Crippen MR) is 118 cm³/mol. The van der Waals surface area contributed by atoms with Crippen LogP contribution in [-0.4, -0.2) is 20.4 Å². The van der Waals surface area contributed by atoms with Gasteiger partial charge in [0.25, 0.3) is 0 Å². The van der Waals surface area contributed by atoms with Crippen LogP contribution in [0.1, 0.15) is 42.3 Å². The Balaban J connectivity index is 1.45. The Kier molecular flexibility index (Phi) is 3.11. The number of nitrogen functional groups attached to an aromatic ring is 1. The Labute approximate surface area is 175 Å². The minimum absolute atomic E-state index is 0.289. The topological polar surface area (TPSA) is 95.4 Å². The molecule has 4 aromatic rings. The number of benzene rings is 2. The monoisotopic (exact) mass is 448 g/mol. The number of nitrogens with zero attached hydrogens (tertiary/aromatic N) is 2. The van der Waals surface area contributed by atoms with E-state index in [1.165, 1.54) is 41.5 Å². The normalized spacial score (nSPS) is 29.9. The first-order valence-electron chi connectivity index (χ1n) is 10.3. The molecule has 29 heavy (non-hydrogen) atoms. The molecule has 146 valence electrons. The molecule has 2 bridgehead atoms. The highest BCUT2D eigenvalue weighted by Gasteiger charge is 2.54. The summed E-state index contributed by atoms with van der Waals surface area (Å²) in [6, 6.07) is 9.01. The molecule has 0 spiro atoms. The van der Waals surface area contributed by atoms with Crippen molar-refractivity contribution in [1.82, 2.24) is 20.4 Å². The average Bonchev–Trinajstić information content (AvgIpc) is 3.51. The number of halogens is 1. The van der Waals surface area contributed by atoms with Gasteiger partial charge in [0.1, 0.15) is 0 Å². The van der Waals surface area contributed by atoms with Gasteiger partial charge in [0, 0.05) is 15.2 Å². The lowest BCUT2D eigenvalue weighted by Crippen LogP contribution is -2.35. The summed E-state index contributed by atoms with van der Waals surface area (Å²) in [5, 5.41) is 21.0. The van der Waals surface area contributed by atoms with Crippen molar-refractivity contribution in [3.05, 3.63) is 46.1 Å². The van der Waals surface area contributed by atoms with Gasteiger partial charge in [-0.3, -0.25) is 10.2 Å². The highest BCUT2D eigenvalue weighted by molar-refractivity contribution is 9.10. The van der Waals surface area contributed by atoms with Gasteiger partial charge < -0.3 is 11.1 Å². The molecule has 2 saturated carbocycles. The molecule has 0 radical (unpaired) electrons. The van der Waals surface area contributed by atoms with Crippen LogP contribution in [0.25, 0.3) is 21.8 Å². The third kappa shape index (κ3) is 2.06. The van der Waals surface area contributed by atoms with Gasteiger partial charge in [-0.15, -0.1) is 0 Å². The van der Waals surface area contributed by atoms with E-state index in [1.807, 2.05) is 6.20 Å². The summed E-state index contributed by atoms with van der Waals surface area (Å²) in [4.78, 5) is 0. The van der Waals surface area contributed by atoms with Gasteiger partial charge in [-0.2, -0.15) is 10.2 Å². The molecule has 7 rings (SSSR count). The van der Waals surface area contributed by atoms with Crippen molar-refractivity contribution in [3.8, 4) is 0 Å². The van der Waals surface area contributed by atoms with Crippen LogP contribution in [0, 0.1) is 17.8 Å². The molecule has 0 saturated heterocycles. The molecule has 3 heterocycles. The van der Waals surface area contributed by atoms with Crippen molar-refractivity contribution in [2.45, 2.75) is 31.2 Å². The second-order valence-corrected chi connectivity index (χ2v) is 9.80. The Hall–Kier alpha value is -2.54. The molecule has 3 aliphatic rings. The number of hydrogen-bond acceptors (Lipinski definition) is 4. The summed E-state index contributed by atoms with van der Waals surface area (Å²) < 4.78 is 1.11. The minimum atomic E-state index is 0.289. The zero-order chi connectivity index (χ0) is 19.3. The van der Waals surface area contributed by atoms with Crippen LogP contribution in [0.15, 0.2) is 34.9 Å². The number of aromatic nitrogens is 4. The lowest BCUT2D eigenvalue weighted by molar-refractivity contribution is 0.249. The number of anilines is 2. The molecule has 7 heteroatoms. The van der Waals surface area contributed by atoms with Crippen LogP contribution < -0.4 is 11.1 Å². The SMILES string of the molecule is Nc1n[nH]c2cc([C@@H]3Nc4c(Br)cc5[nH]ncc5c4[C@H]4[C@@H]5CC[C@H](C5)[C@H]43)ccc12. The molecule has 2 aromatic carbocycles. The number of hydrogen-bond donors (Lipinski definition) is 4. The van der Waals surface area contributed by atoms with Crippen molar-refractivity contribution in [1.29, 1.82) is 0 Å². The fraction of sp³-hybridized carbons (Fsp3) is 0.364. The van der Waals surface area contributed by atoms with E-state index in [2.05, 4.69) is 65.9 Å². The third-order valence-electron chi connectivity index (χ3n) is 7.71. The van der Waals surface area contributed by atoms with Gasteiger partial charge in [0.2, 0.25) is 0 Å². The van der Waals surface area contributed by atoms with E-state index in [4.69, 9.17) is 5.73 Å². The van der Waals surface area contributed by atoms with Crippen LogP contribution in [0.3, 0.4) is 0 Å². The van der Waals surface area contributed by atoms with Crippen molar-refractivity contribution < 1.29 is 0 Å². The first-order valence-corrected chi connectivity index (χ1v) is 11.1. The number of nitrogens with two attached hydrogens (primary N) is 1. The van der Waals surface area contributed by atoms with E-state index in [0.717, 1.165) is 32.7 Å². The second kappa shape index (κ2) is 5.53. The van der Waals surface area contributed by atoms with Crippen molar-refractivity contribution in [2.75, 3.05) is 11.1 Å². The number of aromatic amines is 2. The lowest BCUT2D eigenvalue weighted by Gasteiger charge is -2.44. The maximum absolute atomic E-state index is 5.99. The maximum Gasteiger partial charge on any atom is 0.153 e. The zero-order valence-corrected chi connectivity index (χ0v) is 17.3. The number of H-pyrrole nitrogens is 2. The van der Waals surface area contributed by atoms with Crippen molar-refractivity contribution in [3.63, 3.8) is 0 Å². The average molecular weight is 449 g/mol. The Bertz CT molecular complexity index is 1290. The van der Waals surface area contributed by atoms with Crippen molar-refractivity contribution >= 4 is 49.2 Å². The van der Waals surface area contributed by atoms with Crippen LogP contribution >= 0.6 is 15.9 Å². The van der Waals surface area contributed by atoms with Crippen molar-refractivity contribution in [2.24, 2.45) is 17.8 Å². The predicted octanol–water partition coefficient (Wildman–Crippen LogP) is 5.08. The van der Waals surface area contributed by atoms with Gasteiger partial charge in [-0.05, 0) is 88.2 Å². The third-order valence-corrected chi connectivity index (χ3v) is 8.34. The molecule has 0 amide bonds. The minimum Gasteiger partial charge on any atom is -0.382 e. The molecular weight excluding hydrogens is 428 g/mol. The van der Waals surface area contributed by atoms with E-state index >= 15 is 0 Å². The summed E-state index contributed by atoms with van der Waals surface area (Å²) >= 11 is 3.84. The van der Waals surface area contributed by atoms with Crippen LogP contribution in [0.5, 0.6) is 0 Å². The molecule has 2 aliphatic carbocycles. The van der Waals surface area contributed by atoms with Crippen LogP contribution in [0.4, 0.5) is 11.5 Å². The number of rotatable bonds is 1.